The highest BCUT2D eigenvalue weighted by atomic mass is 32.1. The van der Waals surface area contributed by atoms with Gasteiger partial charge in [-0.25, -0.2) is 4.39 Å². The monoisotopic (exact) mass is 259 g/mol. The highest BCUT2D eigenvalue weighted by Gasteiger charge is 2.40. The summed E-state index contributed by atoms with van der Waals surface area (Å²) in [5, 5.41) is 0. The molecule has 2 bridgehead atoms. The first kappa shape index (κ1) is 11.2. The second-order valence-corrected chi connectivity index (χ2v) is 4.91. The van der Waals surface area contributed by atoms with E-state index >= 15 is 0 Å². The number of alkyl halides is 1. The van der Waals surface area contributed by atoms with Gasteiger partial charge in [-0.15, -0.1) is 8.75 Å². The van der Waals surface area contributed by atoms with Crippen molar-refractivity contribution in [3.63, 3.8) is 0 Å². The fourth-order valence-corrected chi connectivity index (χ4v) is 2.92. The van der Waals surface area contributed by atoms with E-state index < -0.39 is 6.67 Å². The maximum absolute atomic E-state index is 12.0. The second-order valence-electron chi connectivity index (χ2n) is 4.38. The summed E-state index contributed by atoms with van der Waals surface area (Å²) in [5.74, 6) is 1.33. The van der Waals surface area contributed by atoms with Crippen LogP contribution in [-0.4, -0.2) is 52.7 Å². The Morgan fingerprint density at radius 1 is 1.35 bits per heavy atom. The van der Waals surface area contributed by atoms with E-state index in [9.17, 15) is 4.39 Å². The normalized spacial score (nSPS) is 30.8. The van der Waals surface area contributed by atoms with Gasteiger partial charge in [-0.05, 0) is 13.0 Å². The van der Waals surface area contributed by atoms with Crippen LogP contribution in [0.25, 0.3) is 0 Å². The summed E-state index contributed by atoms with van der Waals surface area (Å²) in [7, 11) is 0. The largest absolute Gasteiger partial charge is 0.470 e. The molecule has 1 aromatic heterocycles. The zero-order chi connectivity index (χ0) is 11.7. The minimum Gasteiger partial charge on any atom is -0.470 e. The third-order valence-electron chi connectivity index (χ3n) is 3.28. The van der Waals surface area contributed by atoms with Gasteiger partial charge in [-0.3, -0.25) is 4.90 Å². The number of piperidine rings is 1. The molecule has 17 heavy (non-hydrogen) atoms. The molecular formula is C10H14FN3O2S. The van der Waals surface area contributed by atoms with Crippen LogP contribution in [0.15, 0.2) is 0 Å². The molecule has 5 nitrogen and oxygen atoms in total. The molecule has 3 rings (SSSR count). The summed E-state index contributed by atoms with van der Waals surface area (Å²) < 4.78 is 31.0. The lowest BCUT2D eigenvalue weighted by atomic mass is 10.0. The van der Waals surface area contributed by atoms with Crippen molar-refractivity contribution in [1.82, 2.24) is 13.6 Å². The zero-order valence-corrected chi connectivity index (χ0v) is 10.2. The second kappa shape index (κ2) is 4.73. The molecule has 1 aromatic rings. The number of ether oxygens (including phenoxy) is 2. The van der Waals surface area contributed by atoms with Crippen molar-refractivity contribution < 1.29 is 13.9 Å². The Bertz CT molecular complexity index is 389. The van der Waals surface area contributed by atoms with Gasteiger partial charge in [0.1, 0.15) is 19.4 Å². The average molecular weight is 259 g/mol. The molecule has 2 aliphatic heterocycles. The predicted octanol–water partition coefficient (Wildman–Crippen LogP) is 0.969. The SMILES string of the molecule is FCCOc1nsnc1OC1CN2CCC1C2. The van der Waals surface area contributed by atoms with Gasteiger partial charge in [-0.2, -0.15) is 0 Å². The molecule has 0 aromatic carbocycles. The van der Waals surface area contributed by atoms with Crippen LogP contribution < -0.4 is 9.47 Å². The van der Waals surface area contributed by atoms with E-state index in [4.69, 9.17) is 9.47 Å². The van der Waals surface area contributed by atoms with Crippen LogP contribution in [0.4, 0.5) is 4.39 Å². The molecule has 0 radical (unpaired) electrons. The smallest absolute Gasteiger partial charge is 0.291 e. The van der Waals surface area contributed by atoms with Gasteiger partial charge < -0.3 is 9.47 Å². The Labute approximate surface area is 103 Å². The molecule has 3 heterocycles. The van der Waals surface area contributed by atoms with Crippen molar-refractivity contribution in [2.75, 3.05) is 32.9 Å². The Balaban J connectivity index is 1.63. The summed E-state index contributed by atoms with van der Waals surface area (Å²) >= 11 is 1.03. The first-order valence-electron chi connectivity index (χ1n) is 5.77. The van der Waals surface area contributed by atoms with Crippen molar-refractivity contribution in [1.29, 1.82) is 0 Å². The third-order valence-corrected chi connectivity index (χ3v) is 3.78. The quantitative estimate of drug-likeness (QED) is 0.788. The van der Waals surface area contributed by atoms with Crippen molar-refractivity contribution in [2.24, 2.45) is 5.92 Å². The first-order valence-corrected chi connectivity index (χ1v) is 6.50. The maximum atomic E-state index is 12.0. The lowest BCUT2D eigenvalue weighted by Gasteiger charge is -2.22. The number of aromatic nitrogens is 2. The molecular weight excluding hydrogens is 245 g/mol. The van der Waals surface area contributed by atoms with E-state index in [0.717, 1.165) is 24.8 Å². The van der Waals surface area contributed by atoms with Crippen LogP contribution in [-0.2, 0) is 0 Å². The van der Waals surface area contributed by atoms with Gasteiger partial charge in [0.25, 0.3) is 11.8 Å². The predicted molar refractivity (Wildman–Crippen MR) is 60.3 cm³/mol. The third kappa shape index (κ3) is 2.21. The van der Waals surface area contributed by atoms with Crippen LogP contribution >= 0.6 is 11.7 Å². The average Bonchev–Trinajstić information content (AvgIpc) is 3.02. The molecule has 0 aliphatic carbocycles. The number of hydrogen-bond donors (Lipinski definition) is 0. The van der Waals surface area contributed by atoms with E-state index in [-0.39, 0.29) is 12.7 Å². The molecule has 94 valence electrons. The molecule has 3 atom stereocenters. The number of hydrogen-bond acceptors (Lipinski definition) is 6. The molecule has 0 amide bonds. The van der Waals surface area contributed by atoms with Gasteiger partial charge in [-0.1, -0.05) is 0 Å². The van der Waals surface area contributed by atoms with Crippen molar-refractivity contribution in [3.8, 4) is 11.8 Å². The van der Waals surface area contributed by atoms with E-state index in [1.807, 2.05) is 0 Å². The molecule has 2 fully saturated rings. The summed E-state index contributed by atoms with van der Waals surface area (Å²) in [6.45, 7) is 2.71. The highest BCUT2D eigenvalue weighted by molar-refractivity contribution is 6.99. The molecule has 2 aliphatic rings. The van der Waals surface area contributed by atoms with Gasteiger partial charge in [0.2, 0.25) is 0 Å². The summed E-state index contributed by atoms with van der Waals surface area (Å²) in [4.78, 5) is 2.39. The van der Waals surface area contributed by atoms with Crippen LogP contribution in [0.5, 0.6) is 11.8 Å². The number of nitrogens with zero attached hydrogens (tertiary/aromatic N) is 3. The number of fused-ring (bicyclic) bond motifs is 2. The fraction of sp³-hybridized carbons (Fsp3) is 0.800. The molecule has 7 heteroatoms. The Morgan fingerprint density at radius 2 is 2.24 bits per heavy atom. The minimum atomic E-state index is -0.531. The minimum absolute atomic E-state index is 0.00198. The van der Waals surface area contributed by atoms with Gasteiger partial charge in [0.15, 0.2) is 0 Å². The molecule has 2 saturated heterocycles. The van der Waals surface area contributed by atoms with E-state index in [0.29, 0.717) is 17.7 Å². The molecule has 0 saturated carbocycles. The fourth-order valence-electron chi connectivity index (χ4n) is 2.48. The van der Waals surface area contributed by atoms with E-state index in [1.54, 1.807) is 0 Å². The number of halogens is 1. The van der Waals surface area contributed by atoms with Crippen LogP contribution in [0, 0.1) is 5.92 Å². The number of rotatable bonds is 5. The molecule has 0 N–H and O–H groups in total. The lowest BCUT2D eigenvalue weighted by Crippen LogP contribution is -2.32. The Morgan fingerprint density at radius 3 is 2.94 bits per heavy atom. The van der Waals surface area contributed by atoms with Crippen molar-refractivity contribution in [2.45, 2.75) is 12.5 Å². The zero-order valence-electron chi connectivity index (χ0n) is 9.34. The van der Waals surface area contributed by atoms with Crippen molar-refractivity contribution >= 4 is 11.7 Å². The summed E-state index contributed by atoms with van der Waals surface area (Å²) in [5.41, 5.74) is 0. The summed E-state index contributed by atoms with van der Waals surface area (Å²) in [6.07, 6.45) is 1.36. The molecule has 3 unspecified atom stereocenters. The Kier molecular flexibility index (Phi) is 3.11. The van der Waals surface area contributed by atoms with Gasteiger partial charge in [0.05, 0.1) is 11.7 Å². The standard InChI is InChI=1S/C10H14FN3O2S/c11-2-4-15-9-10(13-17-12-9)16-8-6-14-3-1-7(8)5-14/h7-8H,1-6H2. The van der Waals surface area contributed by atoms with Crippen molar-refractivity contribution in [3.05, 3.63) is 0 Å². The van der Waals surface area contributed by atoms with Crippen LogP contribution in [0.2, 0.25) is 0 Å². The highest BCUT2D eigenvalue weighted by Crippen LogP contribution is 2.33. The summed E-state index contributed by atoms with van der Waals surface area (Å²) in [6, 6.07) is 0. The topological polar surface area (TPSA) is 47.5 Å². The van der Waals surface area contributed by atoms with E-state index in [1.165, 1.54) is 13.0 Å². The van der Waals surface area contributed by atoms with E-state index in [2.05, 4.69) is 13.6 Å². The van der Waals surface area contributed by atoms with Crippen LogP contribution in [0.1, 0.15) is 6.42 Å². The first-order chi connectivity index (χ1) is 8.36. The van der Waals surface area contributed by atoms with Crippen LogP contribution in [0.3, 0.4) is 0 Å². The molecule has 0 spiro atoms. The lowest BCUT2D eigenvalue weighted by molar-refractivity contribution is 0.128. The van der Waals surface area contributed by atoms with Gasteiger partial charge >= 0.3 is 0 Å². The maximum Gasteiger partial charge on any atom is 0.291 e. The van der Waals surface area contributed by atoms with Gasteiger partial charge in [0, 0.05) is 19.0 Å². The Hall–Kier alpha value is -0.950.